The molecule has 4 nitrogen and oxygen atoms in total. The third kappa shape index (κ3) is 38.4. The molecule has 0 amide bonds. The first-order valence-electron chi connectivity index (χ1n) is 18.5. The predicted molar refractivity (Wildman–Crippen MR) is 188 cm³/mol. The van der Waals surface area contributed by atoms with Crippen LogP contribution in [0.2, 0.25) is 0 Å². The summed E-state index contributed by atoms with van der Waals surface area (Å²) in [6.07, 6.45) is 39.9. The summed E-state index contributed by atoms with van der Waals surface area (Å²) in [5, 5.41) is 0. The van der Waals surface area contributed by atoms with Crippen molar-refractivity contribution in [2.45, 2.75) is 201 Å². The Labute approximate surface area is 269 Å². The maximum absolute atomic E-state index is 10.8. The summed E-state index contributed by atoms with van der Waals surface area (Å²) in [4.78, 5) is 21.7. The minimum atomic E-state index is -0.489. The summed E-state index contributed by atoms with van der Waals surface area (Å²) >= 11 is 0. The summed E-state index contributed by atoms with van der Waals surface area (Å²) in [5.74, 6) is -0.979. The van der Waals surface area contributed by atoms with Crippen molar-refractivity contribution < 1.29 is 19.1 Å². The lowest BCUT2D eigenvalue weighted by atomic mass is 10.0. The van der Waals surface area contributed by atoms with Gasteiger partial charge in [0.05, 0.1) is 0 Å². The molecule has 0 rings (SSSR count). The molecule has 0 radical (unpaired) electrons. The lowest BCUT2D eigenvalue weighted by Gasteiger charge is -2.05. The Morgan fingerprint density at radius 3 is 0.674 bits per heavy atom. The van der Waals surface area contributed by atoms with Crippen molar-refractivity contribution >= 4 is 11.9 Å². The van der Waals surface area contributed by atoms with Gasteiger partial charge in [-0.3, -0.25) is 0 Å². The molecule has 0 saturated carbocycles. The zero-order valence-electron chi connectivity index (χ0n) is 29.6. The second-order valence-corrected chi connectivity index (χ2v) is 12.7. The Morgan fingerprint density at radius 1 is 0.372 bits per heavy atom. The molecule has 254 valence electrons. The Balaban J connectivity index is 0. The van der Waals surface area contributed by atoms with Crippen LogP contribution in [0.4, 0.5) is 0 Å². The van der Waals surface area contributed by atoms with E-state index < -0.39 is 11.9 Å². The van der Waals surface area contributed by atoms with Gasteiger partial charge in [0.2, 0.25) is 0 Å². The van der Waals surface area contributed by atoms with Crippen molar-refractivity contribution in [2.75, 3.05) is 13.2 Å². The Bertz CT molecular complexity index is 585. The summed E-state index contributed by atoms with van der Waals surface area (Å²) in [5.41, 5.74) is 0.632. The fraction of sp³-hybridized carbons (Fsp3) is 0.846. The van der Waals surface area contributed by atoms with Gasteiger partial charge in [-0.2, -0.15) is 0 Å². The van der Waals surface area contributed by atoms with Crippen LogP contribution in [0.15, 0.2) is 24.3 Å². The SMILES string of the molecule is C=C(C)C(=O)OCCOC(=O)C(=C)C.CCCCCCCCCCCCCCCCCCCCCCCCCCCCC. The van der Waals surface area contributed by atoms with Crippen LogP contribution in [0.25, 0.3) is 0 Å². The molecule has 0 aliphatic rings. The third-order valence-electron chi connectivity index (χ3n) is 7.95. The van der Waals surface area contributed by atoms with Gasteiger partial charge in [0.25, 0.3) is 0 Å². The zero-order valence-corrected chi connectivity index (χ0v) is 29.6. The number of esters is 2. The summed E-state index contributed by atoms with van der Waals surface area (Å²) in [7, 11) is 0. The first-order valence-corrected chi connectivity index (χ1v) is 18.5. The Hall–Kier alpha value is -1.58. The van der Waals surface area contributed by atoms with Crippen molar-refractivity contribution in [3.05, 3.63) is 24.3 Å². The van der Waals surface area contributed by atoms with Gasteiger partial charge in [-0.1, -0.05) is 200 Å². The molecular formula is C39H74O4. The predicted octanol–water partition coefficient (Wildman–Crippen LogP) is 12.8. The number of hydrogen-bond donors (Lipinski definition) is 0. The summed E-state index contributed by atoms with van der Waals surface area (Å²) in [6.45, 7) is 14.6. The third-order valence-corrected chi connectivity index (χ3v) is 7.95. The largest absolute Gasteiger partial charge is 0.459 e. The van der Waals surface area contributed by atoms with Crippen molar-refractivity contribution in [1.29, 1.82) is 0 Å². The molecule has 0 spiro atoms. The molecule has 0 aliphatic heterocycles. The van der Waals surface area contributed by atoms with E-state index in [9.17, 15) is 9.59 Å². The molecule has 0 aromatic carbocycles. The van der Waals surface area contributed by atoms with E-state index in [1.54, 1.807) is 13.8 Å². The fourth-order valence-electron chi connectivity index (χ4n) is 5.08. The maximum atomic E-state index is 10.8. The number of carbonyl (C=O) groups excluding carboxylic acids is 2. The molecule has 0 aliphatic carbocycles. The van der Waals surface area contributed by atoms with Gasteiger partial charge in [-0.15, -0.1) is 0 Å². The van der Waals surface area contributed by atoms with E-state index in [4.69, 9.17) is 0 Å². The highest BCUT2D eigenvalue weighted by Gasteiger charge is 2.05. The Kier molecular flexibility index (Phi) is 37.1. The van der Waals surface area contributed by atoms with Crippen LogP contribution in [0.1, 0.15) is 201 Å². The molecule has 0 fully saturated rings. The molecule has 0 saturated heterocycles. The normalized spacial score (nSPS) is 10.6. The van der Waals surface area contributed by atoms with E-state index >= 15 is 0 Å². The number of carbonyl (C=O) groups is 2. The molecule has 0 atom stereocenters. The van der Waals surface area contributed by atoms with Gasteiger partial charge < -0.3 is 9.47 Å². The van der Waals surface area contributed by atoms with E-state index in [2.05, 4.69) is 36.5 Å². The summed E-state index contributed by atoms with van der Waals surface area (Å²) < 4.78 is 9.38. The topological polar surface area (TPSA) is 52.6 Å². The van der Waals surface area contributed by atoms with Gasteiger partial charge >= 0.3 is 11.9 Å². The van der Waals surface area contributed by atoms with E-state index in [-0.39, 0.29) is 13.2 Å². The number of rotatable bonds is 31. The summed E-state index contributed by atoms with van der Waals surface area (Å²) in [6, 6.07) is 0. The quantitative estimate of drug-likeness (QED) is 0.0447. The molecule has 43 heavy (non-hydrogen) atoms. The Morgan fingerprint density at radius 2 is 0.535 bits per heavy atom. The van der Waals surface area contributed by atoms with Gasteiger partial charge in [0.1, 0.15) is 13.2 Å². The maximum Gasteiger partial charge on any atom is 0.333 e. The minimum absolute atomic E-state index is 0.0325. The van der Waals surface area contributed by atoms with Crippen molar-refractivity contribution in [2.24, 2.45) is 0 Å². The van der Waals surface area contributed by atoms with Crippen molar-refractivity contribution in [3.8, 4) is 0 Å². The van der Waals surface area contributed by atoms with Crippen LogP contribution in [0.3, 0.4) is 0 Å². The van der Waals surface area contributed by atoms with Crippen LogP contribution in [-0.2, 0) is 19.1 Å². The van der Waals surface area contributed by atoms with Gasteiger partial charge in [-0.25, -0.2) is 9.59 Å². The van der Waals surface area contributed by atoms with Crippen LogP contribution < -0.4 is 0 Å². The average molecular weight is 607 g/mol. The molecule has 0 unspecified atom stereocenters. The highest BCUT2D eigenvalue weighted by molar-refractivity contribution is 5.87. The smallest absolute Gasteiger partial charge is 0.333 e. The lowest BCUT2D eigenvalue weighted by molar-refractivity contribution is -0.147. The van der Waals surface area contributed by atoms with Gasteiger partial charge in [-0.05, 0) is 13.8 Å². The molecule has 4 heteroatoms. The monoisotopic (exact) mass is 607 g/mol. The van der Waals surface area contributed by atoms with Crippen LogP contribution >= 0.6 is 0 Å². The second kappa shape index (κ2) is 36.6. The zero-order chi connectivity index (χ0) is 32.2. The van der Waals surface area contributed by atoms with Crippen molar-refractivity contribution in [1.82, 2.24) is 0 Å². The lowest BCUT2D eigenvalue weighted by Crippen LogP contribution is -2.14. The van der Waals surface area contributed by atoms with E-state index in [0.29, 0.717) is 11.1 Å². The van der Waals surface area contributed by atoms with Gasteiger partial charge in [0.15, 0.2) is 0 Å². The highest BCUT2D eigenvalue weighted by Crippen LogP contribution is 2.16. The average Bonchev–Trinajstić information content (AvgIpc) is 2.99. The number of unbranched alkanes of at least 4 members (excludes halogenated alkanes) is 26. The highest BCUT2D eigenvalue weighted by atomic mass is 16.6. The van der Waals surface area contributed by atoms with E-state index in [1.807, 2.05) is 0 Å². The molecule has 0 N–H and O–H groups in total. The van der Waals surface area contributed by atoms with Crippen LogP contribution in [0, 0.1) is 0 Å². The minimum Gasteiger partial charge on any atom is -0.459 e. The van der Waals surface area contributed by atoms with E-state index in [0.717, 1.165) is 0 Å². The van der Waals surface area contributed by atoms with Gasteiger partial charge in [0, 0.05) is 11.1 Å². The first kappa shape index (κ1) is 43.5. The molecule has 0 heterocycles. The standard InChI is InChI=1S/C29H60.C10H14O4/c1-3-5-7-9-11-13-15-17-19-21-23-25-27-29-28-26-24-22-20-18-16-14-12-10-8-6-4-2;1-7(2)9(11)13-5-6-14-10(12)8(3)4/h3-29H2,1-2H3;1,3,5-6H2,2,4H3. The second-order valence-electron chi connectivity index (χ2n) is 12.7. The van der Waals surface area contributed by atoms with Crippen LogP contribution in [-0.4, -0.2) is 25.2 Å². The molecule has 0 bridgehead atoms. The molecule has 0 aromatic rings. The molecule has 0 aromatic heterocycles. The van der Waals surface area contributed by atoms with E-state index in [1.165, 1.54) is 173 Å². The van der Waals surface area contributed by atoms with Crippen molar-refractivity contribution in [3.63, 3.8) is 0 Å². The fourth-order valence-corrected chi connectivity index (χ4v) is 5.08. The molecular weight excluding hydrogens is 532 g/mol. The van der Waals surface area contributed by atoms with Crippen LogP contribution in [0.5, 0.6) is 0 Å². The number of ether oxygens (including phenoxy) is 2. The first-order chi connectivity index (χ1) is 20.9. The number of hydrogen-bond acceptors (Lipinski definition) is 4.